The Balaban J connectivity index is 1.63. The lowest BCUT2D eigenvalue weighted by molar-refractivity contribution is 0.0547. The molecule has 19 heavy (non-hydrogen) atoms. The third-order valence-electron chi connectivity index (χ3n) is 3.56. The summed E-state index contributed by atoms with van der Waals surface area (Å²) < 4.78 is 7.51. The van der Waals surface area contributed by atoms with Crippen LogP contribution in [0, 0.1) is 5.92 Å². The molecule has 0 spiro atoms. The normalized spacial score (nSPS) is 19.9. The Morgan fingerprint density at radius 1 is 1.47 bits per heavy atom. The number of halogens is 1. The topological polar surface area (TPSA) is 38.6 Å². The van der Waals surface area contributed by atoms with Gasteiger partial charge < -0.3 is 14.5 Å². The first-order chi connectivity index (χ1) is 9.34. The van der Waals surface area contributed by atoms with Crippen LogP contribution in [0.15, 0.2) is 24.4 Å². The van der Waals surface area contributed by atoms with Gasteiger partial charge >= 0.3 is 0 Å². The Kier molecular flexibility index (Phi) is 4.01. The number of imidazole rings is 1. The fraction of sp³-hybridized carbons (Fsp3) is 0.500. The number of hydrogen-bond donors (Lipinski definition) is 1. The van der Waals surface area contributed by atoms with Crippen LogP contribution in [-0.2, 0) is 11.3 Å². The smallest absolute Gasteiger partial charge is 0.152 e. The minimum Gasteiger partial charge on any atom is -0.381 e. The van der Waals surface area contributed by atoms with Crippen molar-refractivity contribution in [2.45, 2.75) is 19.4 Å². The Morgan fingerprint density at radius 2 is 2.42 bits per heavy atom. The highest BCUT2D eigenvalue weighted by Crippen LogP contribution is 2.18. The van der Waals surface area contributed by atoms with Crippen LogP contribution in [0.4, 0.5) is 0 Å². The number of pyridine rings is 1. The van der Waals surface area contributed by atoms with E-state index in [2.05, 4.69) is 10.3 Å². The summed E-state index contributed by atoms with van der Waals surface area (Å²) in [4.78, 5) is 4.34. The second-order valence-corrected chi connectivity index (χ2v) is 5.35. The average molecular weight is 280 g/mol. The third-order valence-corrected chi connectivity index (χ3v) is 3.86. The number of nitrogens with zero attached hydrogens (tertiary/aromatic N) is 2. The number of nitrogens with one attached hydrogen (secondary N) is 1. The molecule has 0 radical (unpaired) electrons. The van der Waals surface area contributed by atoms with Gasteiger partial charge in [-0.25, -0.2) is 4.98 Å². The van der Waals surface area contributed by atoms with Crippen LogP contribution < -0.4 is 5.32 Å². The van der Waals surface area contributed by atoms with Crippen molar-refractivity contribution >= 4 is 17.2 Å². The number of aromatic nitrogens is 2. The zero-order valence-corrected chi connectivity index (χ0v) is 11.6. The summed E-state index contributed by atoms with van der Waals surface area (Å²) in [6.45, 7) is 3.49. The van der Waals surface area contributed by atoms with Crippen LogP contribution in [-0.4, -0.2) is 29.1 Å². The summed E-state index contributed by atoms with van der Waals surface area (Å²) in [6, 6.07) is 5.92. The molecule has 2 aromatic rings. The highest BCUT2D eigenvalue weighted by molar-refractivity contribution is 6.30. The molecule has 1 aliphatic rings. The van der Waals surface area contributed by atoms with Crippen LogP contribution in [0.2, 0.25) is 5.15 Å². The third kappa shape index (κ3) is 2.91. The number of rotatable bonds is 4. The monoisotopic (exact) mass is 279 g/mol. The Hall–Kier alpha value is -1.10. The number of ether oxygens (including phenoxy) is 1. The highest BCUT2D eigenvalue weighted by atomic mass is 35.5. The molecule has 0 saturated carbocycles. The number of hydrogen-bond acceptors (Lipinski definition) is 3. The first-order valence-corrected chi connectivity index (χ1v) is 7.12. The highest BCUT2D eigenvalue weighted by Gasteiger charge is 2.14. The van der Waals surface area contributed by atoms with E-state index < -0.39 is 0 Å². The predicted octanol–water partition coefficient (Wildman–Crippen LogP) is 2.50. The van der Waals surface area contributed by atoms with Gasteiger partial charge in [0.05, 0.1) is 12.3 Å². The van der Waals surface area contributed by atoms with Crippen LogP contribution >= 0.6 is 11.6 Å². The lowest BCUT2D eigenvalue weighted by Gasteiger charge is -2.22. The molecule has 0 bridgehead atoms. The van der Waals surface area contributed by atoms with Gasteiger partial charge in [0.2, 0.25) is 0 Å². The van der Waals surface area contributed by atoms with Crippen molar-refractivity contribution in [3.05, 3.63) is 35.2 Å². The van der Waals surface area contributed by atoms with Gasteiger partial charge in [0, 0.05) is 25.9 Å². The standard InChI is InChI=1S/C14H18ClN3O/c15-14-12(18-6-2-1-5-13(18)17-14)9-16-8-11-4-3-7-19-10-11/h1-2,5-6,11,16H,3-4,7-10H2/t11-/m1/s1. The first kappa shape index (κ1) is 12.9. The molecule has 2 aromatic heterocycles. The predicted molar refractivity (Wildman–Crippen MR) is 75.5 cm³/mol. The van der Waals surface area contributed by atoms with E-state index in [0.29, 0.717) is 11.1 Å². The van der Waals surface area contributed by atoms with Crippen molar-refractivity contribution in [2.75, 3.05) is 19.8 Å². The van der Waals surface area contributed by atoms with E-state index in [1.165, 1.54) is 12.8 Å². The molecule has 3 rings (SSSR count). The molecule has 0 aromatic carbocycles. The SMILES string of the molecule is Clc1nc2ccccn2c1CNC[C@H]1CCCOC1. The Morgan fingerprint density at radius 3 is 3.26 bits per heavy atom. The zero-order valence-electron chi connectivity index (χ0n) is 10.8. The molecule has 1 atom stereocenters. The van der Waals surface area contributed by atoms with Crippen LogP contribution in [0.3, 0.4) is 0 Å². The van der Waals surface area contributed by atoms with E-state index in [4.69, 9.17) is 16.3 Å². The van der Waals surface area contributed by atoms with Crippen molar-refractivity contribution in [3.8, 4) is 0 Å². The maximum Gasteiger partial charge on any atom is 0.152 e. The lowest BCUT2D eigenvalue weighted by Crippen LogP contribution is -2.29. The summed E-state index contributed by atoms with van der Waals surface area (Å²) in [5, 5.41) is 4.05. The maximum absolute atomic E-state index is 6.19. The first-order valence-electron chi connectivity index (χ1n) is 6.74. The van der Waals surface area contributed by atoms with E-state index in [1.54, 1.807) is 0 Å². The molecule has 1 fully saturated rings. The molecule has 1 N–H and O–H groups in total. The van der Waals surface area contributed by atoms with Crippen LogP contribution in [0.25, 0.3) is 5.65 Å². The minimum atomic E-state index is 0.582. The summed E-state index contributed by atoms with van der Waals surface area (Å²) in [6.07, 6.45) is 4.41. The van der Waals surface area contributed by atoms with Gasteiger partial charge in [-0.05, 0) is 30.9 Å². The van der Waals surface area contributed by atoms with Gasteiger partial charge in [-0.2, -0.15) is 0 Å². The van der Waals surface area contributed by atoms with Gasteiger partial charge in [-0.3, -0.25) is 0 Å². The summed E-state index contributed by atoms with van der Waals surface area (Å²) in [7, 11) is 0. The molecule has 0 unspecified atom stereocenters. The van der Waals surface area contributed by atoms with Crippen molar-refractivity contribution < 1.29 is 4.74 Å². The van der Waals surface area contributed by atoms with Crippen molar-refractivity contribution in [2.24, 2.45) is 5.92 Å². The Labute approximate surface area is 117 Å². The van der Waals surface area contributed by atoms with Crippen LogP contribution in [0.1, 0.15) is 18.5 Å². The molecular weight excluding hydrogens is 262 g/mol. The molecule has 1 aliphatic heterocycles. The van der Waals surface area contributed by atoms with E-state index >= 15 is 0 Å². The lowest BCUT2D eigenvalue weighted by atomic mass is 10.0. The summed E-state index contributed by atoms with van der Waals surface area (Å²) in [5.74, 6) is 0.617. The zero-order chi connectivity index (χ0) is 13.1. The van der Waals surface area contributed by atoms with Crippen molar-refractivity contribution in [1.82, 2.24) is 14.7 Å². The van der Waals surface area contributed by atoms with E-state index in [0.717, 1.165) is 37.6 Å². The molecule has 3 heterocycles. The molecule has 0 aliphatic carbocycles. The quantitative estimate of drug-likeness (QED) is 0.935. The van der Waals surface area contributed by atoms with Gasteiger partial charge in [-0.15, -0.1) is 0 Å². The van der Waals surface area contributed by atoms with Gasteiger partial charge in [-0.1, -0.05) is 17.7 Å². The van der Waals surface area contributed by atoms with Crippen LogP contribution in [0.5, 0.6) is 0 Å². The fourth-order valence-electron chi connectivity index (χ4n) is 2.54. The van der Waals surface area contributed by atoms with Gasteiger partial charge in [0.1, 0.15) is 5.65 Å². The molecule has 1 saturated heterocycles. The second-order valence-electron chi connectivity index (χ2n) is 4.99. The molecule has 0 amide bonds. The van der Waals surface area contributed by atoms with E-state index in [9.17, 15) is 0 Å². The number of fused-ring (bicyclic) bond motifs is 1. The van der Waals surface area contributed by atoms with E-state index in [-0.39, 0.29) is 0 Å². The molecule has 102 valence electrons. The summed E-state index contributed by atoms with van der Waals surface area (Å²) >= 11 is 6.19. The average Bonchev–Trinajstić information content (AvgIpc) is 2.76. The largest absolute Gasteiger partial charge is 0.381 e. The Bertz CT molecular complexity index is 549. The van der Waals surface area contributed by atoms with Crippen molar-refractivity contribution in [3.63, 3.8) is 0 Å². The molecular formula is C14H18ClN3O. The van der Waals surface area contributed by atoms with E-state index in [1.807, 2.05) is 28.8 Å². The second kappa shape index (κ2) is 5.90. The fourth-order valence-corrected chi connectivity index (χ4v) is 2.78. The van der Waals surface area contributed by atoms with Gasteiger partial charge in [0.15, 0.2) is 5.15 Å². The van der Waals surface area contributed by atoms with Gasteiger partial charge in [0.25, 0.3) is 0 Å². The maximum atomic E-state index is 6.19. The summed E-state index contributed by atoms with van der Waals surface area (Å²) in [5.41, 5.74) is 1.92. The molecule has 4 nitrogen and oxygen atoms in total. The van der Waals surface area contributed by atoms with Crippen molar-refractivity contribution in [1.29, 1.82) is 0 Å². The molecule has 5 heteroatoms. The minimum absolute atomic E-state index is 0.582.